The van der Waals surface area contributed by atoms with Crippen molar-refractivity contribution in [3.8, 4) is 0 Å². The zero-order valence-electron chi connectivity index (χ0n) is 16.1. The van der Waals surface area contributed by atoms with E-state index in [0.29, 0.717) is 17.6 Å². The van der Waals surface area contributed by atoms with Crippen LogP contribution in [0.3, 0.4) is 0 Å². The second-order valence-corrected chi connectivity index (χ2v) is 6.67. The summed E-state index contributed by atoms with van der Waals surface area (Å²) >= 11 is 0. The maximum absolute atomic E-state index is 12.3. The third-order valence-electron chi connectivity index (χ3n) is 4.35. The minimum Gasteiger partial charge on any atom is -0.481 e. The van der Waals surface area contributed by atoms with Crippen LogP contribution in [-0.4, -0.2) is 54.0 Å². The Morgan fingerprint density at radius 2 is 1.74 bits per heavy atom. The molecule has 3 rings (SSSR count). The Balaban J connectivity index is 1.69. The first kappa shape index (κ1) is 21.4. The van der Waals surface area contributed by atoms with Crippen molar-refractivity contribution < 1.29 is 24.6 Å². The summed E-state index contributed by atoms with van der Waals surface area (Å²) in [5.41, 5.74) is 13.6. The summed E-state index contributed by atoms with van der Waals surface area (Å²) in [4.78, 5) is 50.6. The van der Waals surface area contributed by atoms with Gasteiger partial charge in [0.05, 0.1) is 11.9 Å². The average molecular weight is 425 g/mol. The van der Waals surface area contributed by atoms with Crippen LogP contribution in [-0.2, 0) is 16.0 Å². The predicted octanol–water partition coefficient (Wildman–Crippen LogP) is 0.223. The number of hydrogen-bond acceptors (Lipinski definition) is 9. The molecule has 160 valence electrons. The summed E-state index contributed by atoms with van der Waals surface area (Å²) in [7, 11) is 0. The van der Waals surface area contributed by atoms with Gasteiger partial charge in [0.25, 0.3) is 5.91 Å². The number of nitrogens with two attached hydrogens (primary N) is 2. The summed E-state index contributed by atoms with van der Waals surface area (Å²) in [6.07, 6.45) is 1.35. The third kappa shape index (κ3) is 5.38. The van der Waals surface area contributed by atoms with E-state index in [-0.39, 0.29) is 35.8 Å². The normalized spacial score (nSPS) is 11.7. The van der Waals surface area contributed by atoms with Gasteiger partial charge in [-0.3, -0.25) is 9.59 Å². The number of nitrogen functional groups attached to an aromatic ring is 2. The molecule has 0 radical (unpaired) electrons. The predicted molar refractivity (Wildman–Crippen MR) is 109 cm³/mol. The third-order valence-corrected chi connectivity index (χ3v) is 4.35. The first-order valence-corrected chi connectivity index (χ1v) is 9.12. The lowest BCUT2D eigenvalue weighted by molar-refractivity contribution is -0.140. The second-order valence-electron chi connectivity index (χ2n) is 6.67. The van der Waals surface area contributed by atoms with E-state index in [1.807, 2.05) is 0 Å². The molecule has 0 fully saturated rings. The number of benzene rings is 1. The van der Waals surface area contributed by atoms with E-state index in [1.54, 1.807) is 12.1 Å². The fourth-order valence-corrected chi connectivity index (χ4v) is 2.82. The number of nitrogens with one attached hydrogen (secondary N) is 1. The Hall–Kier alpha value is -4.35. The van der Waals surface area contributed by atoms with Gasteiger partial charge in [-0.25, -0.2) is 14.8 Å². The van der Waals surface area contributed by atoms with E-state index in [0.717, 1.165) is 5.56 Å². The first-order chi connectivity index (χ1) is 14.7. The molecule has 7 N–H and O–H groups in total. The van der Waals surface area contributed by atoms with Crippen molar-refractivity contribution >= 4 is 40.8 Å². The maximum Gasteiger partial charge on any atom is 0.326 e. The highest BCUT2D eigenvalue weighted by molar-refractivity contribution is 5.96. The van der Waals surface area contributed by atoms with E-state index in [9.17, 15) is 14.4 Å². The number of anilines is 2. The average Bonchev–Trinajstić information content (AvgIpc) is 2.71. The highest BCUT2D eigenvalue weighted by Crippen LogP contribution is 2.16. The number of hydrogen-bond donors (Lipinski definition) is 5. The SMILES string of the molecule is Nc1nc(N)c2nc(Cc3ccc(C(=O)N[C@@H](CCC(=O)O)C(=O)O)cc3)cnc2n1. The summed E-state index contributed by atoms with van der Waals surface area (Å²) in [6.45, 7) is 0. The number of nitrogens with zero attached hydrogens (tertiary/aromatic N) is 4. The molecular formula is C19H19N7O5. The van der Waals surface area contributed by atoms with Gasteiger partial charge in [-0.05, 0) is 24.1 Å². The molecule has 0 spiro atoms. The van der Waals surface area contributed by atoms with Gasteiger partial charge < -0.3 is 27.0 Å². The minimum absolute atomic E-state index is 0.00835. The molecule has 3 aromatic rings. The molecule has 0 aliphatic carbocycles. The van der Waals surface area contributed by atoms with E-state index in [1.165, 1.54) is 18.3 Å². The Labute approximate surface area is 175 Å². The molecule has 0 unspecified atom stereocenters. The Morgan fingerprint density at radius 1 is 1.03 bits per heavy atom. The lowest BCUT2D eigenvalue weighted by Gasteiger charge is -2.13. The van der Waals surface area contributed by atoms with Crippen LogP contribution < -0.4 is 16.8 Å². The Bertz CT molecular complexity index is 1150. The monoisotopic (exact) mass is 425 g/mol. The number of amides is 1. The fraction of sp³-hybridized carbons (Fsp3) is 0.211. The Morgan fingerprint density at radius 3 is 2.39 bits per heavy atom. The largest absolute Gasteiger partial charge is 0.481 e. The van der Waals surface area contributed by atoms with Crippen molar-refractivity contribution in [1.82, 2.24) is 25.3 Å². The van der Waals surface area contributed by atoms with Gasteiger partial charge in [-0.2, -0.15) is 9.97 Å². The second kappa shape index (κ2) is 8.98. The van der Waals surface area contributed by atoms with Crippen molar-refractivity contribution in [3.63, 3.8) is 0 Å². The molecule has 0 bridgehead atoms. The summed E-state index contributed by atoms with van der Waals surface area (Å²) in [5, 5.41) is 20.2. The molecule has 0 aliphatic rings. The molecule has 0 aliphatic heterocycles. The van der Waals surface area contributed by atoms with E-state index >= 15 is 0 Å². The zero-order chi connectivity index (χ0) is 22.5. The maximum atomic E-state index is 12.3. The summed E-state index contributed by atoms with van der Waals surface area (Å²) < 4.78 is 0. The molecule has 2 aromatic heterocycles. The van der Waals surface area contributed by atoms with Crippen molar-refractivity contribution in [2.45, 2.75) is 25.3 Å². The van der Waals surface area contributed by atoms with Gasteiger partial charge in [0, 0.05) is 18.4 Å². The van der Waals surface area contributed by atoms with Gasteiger partial charge in [-0.1, -0.05) is 12.1 Å². The lowest BCUT2D eigenvalue weighted by Crippen LogP contribution is -2.41. The zero-order valence-corrected chi connectivity index (χ0v) is 16.1. The molecule has 1 atom stereocenters. The molecule has 0 saturated carbocycles. The van der Waals surface area contributed by atoms with Crippen molar-refractivity contribution in [1.29, 1.82) is 0 Å². The van der Waals surface area contributed by atoms with Crippen molar-refractivity contribution in [3.05, 3.63) is 47.3 Å². The fourth-order valence-electron chi connectivity index (χ4n) is 2.82. The van der Waals surface area contributed by atoms with Gasteiger partial charge in [0.1, 0.15) is 6.04 Å². The van der Waals surface area contributed by atoms with Crippen LogP contribution in [0.4, 0.5) is 11.8 Å². The van der Waals surface area contributed by atoms with E-state index in [2.05, 4.69) is 25.3 Å². The van der Waals surface area contributed by atoms with Gasteiger partial charge in [-0.15, -0.1) is 0 Å². The van der Waals surface area contributed by atoms with Gasteiger partial charge in [0.2, 0.25) is 5.95 Å². The van der Waals surface area contributed by atoms with Gasteiger partial charge in [0.15, 0.2) is 17.0 Å². The molecule has 1 amide bonds. The topological polar surface area (TPSA) is 207 Å². The molecule has 1 aromatic carbocycles. The highest BCUT2D eigenvalue weighted by Gasteiger charge is 2.21. The standard InChI is InChI=1S/C19H19N7O5/c20-15-14-16(26-19(21)25-15)22-8-11(23-14)7-9-1-3-10(4-2-9)17(29)24-12(18(30)31)5-6-13(27)28/h1-4,8,12H,5-7H2,(H,24,29)(H,27,28)(H,30,31)(H4,20,21,22,25,26)/t12-/m0/s1. The van der Waals surface area contributed by atoms with E-state index < -0.39 is 23.9 Å². The van der Waals surface area contributed by atoms with Crippen LogP contribution in [0.25, 0.3) is 11.2 Å². The number of fused-ring (bicyclic) bond motifs is 1. The van der Waals surface area contributed by atoms with Crippen LogP contribution in [0, 0.1) is 0 Å². The quantitative estimate of drug-likeness (QED) is 0.330. The lowest BCUT2D eigenvalue weighted by atomic mass is 10.1. The number of carbonyl (C=O) groups is 3. The first-order valence-electron chi connectivity index (χ1n) is 9.12. The van der Waals surface area contributed by atoms with Crippen LogP contribution in [0.1, 0.15) is 34.5 Å². The number of carboxylic acids is 2. The van der Waals surface area contributed by atoms with Crippen LogP contribution in [0.15, 0.2) is 30.5 Å². The van der Waals surface area contributed by atoms with Gasteiger partial charge >= 0.3 is 11.9 Å². The molecular weight excluding hydrogens is 406 g/mol. The summed E-state index contributed by atoms with van der Waals surface area (Å²) in [6, 6.07) is 5.16. The van der Waals surface area contributed by atoms with Crippen LogP contribution in [0.2, 0.25) is 0 Å². The van der Waals surface area contributed by atoms with Crippen molar-refractivity contribution in [2.75, 3.05) is 11.5 Å². The number of rotatable bonds is 8. The summed E-state index contributed by atoms with van der Waals surface area (Å²) in [5.74, 6) is -2.92. The number of aliphatic carboxylic acids is 2. The number of carbonyl (C=O) groups excluding carboxylic acids is 1. The number of carboxylic acid groups (broad SMARTS) is 2. The molecule has 12 nitrogen and oxygen atoms in total. The Kier molecular flexibility index (Phi) is 6.19. The van der Waals surface area contributed by atoms with Crippen LogP contribution >= 0.6 is 0 Å². The molecule has 12 heteroatoms. The van der Waals surface area contributed by atoms with Crippen molar-refractivity contribution in [2.24, 2.45) is 0 Å². The smallest absolute Gasteiger partial charge is 0.326 e. The highest BCUT2D eigenvalue weighted by atomic mass is 16.4. The van der Waals surface area contributed by atoms with E-state index in [4.69, 9.17) is 21.7 Å². The molecule has 31 heavy (non-hydrogen) atoms. The molecule has 2 heterocycles. The van der Waals surface area contributed by atoms with Crippen LogP contribution in [0.5, 0.6) is 0 Å². The minimum atomic E-state index is -1.30. The number of aromatic nitrogens is 4. The molecule has 0 saturated heterocycles.